The van der Waals surface area contributed by atoms with E-state index in [0.29, 0.717) is 5.92 Å². The number of hydrogen-bond acceptors (Lipinski definition) is 2. The van der Waals surface area contributed by atoms with E-state index in [1.165, 1.54) is 0 Å². The molecule has 66 valence electrons. The average Bonchev–Trinajstić information content (AvgIpc) is 2.03. The van der Waals surface area contributed by atoms with E-state index in [0.717, 1.165) is 32.5 Å². The normalized spacial score (nSPS) is 20.8. The summed E-state index contributed by atoms with van der Waals surface area (Å²) in [4.78, 5) is 12.4. The zero-order chi connectivity index (χ0) is 8.97. The topological polar surface area (TPSA) is 32.3 Å². The summed E-state index contributed by atoms with van der Waals surface area (Å²) in [7, 11) is 5.60. The van der Waals surface area contributed by atoms with Gasteiger partial charge in [-0.25, -0.2) is 0 Å². The first-order chi connectivity index (χ1) is 5.68. The Kier molecular flexibility index (Phi) is 3.60. The van der Waals surface area contributed by atoms with Gasteiger partial charge in [0.25, 0.3) is 0 Å². The maximum absolute atomic E-state index is 10.6. The summed E-state index contributed by atoms with van der Waals surface area (Å²) >= 11 is 0. The number of piperidine rings is 1. The minimum absolute atomic E-state index is 0.0604. The minimum atomic E-state index is 0.0604. The Morgan fingerprint density at radius 3 is 2.67 bits per heavy atom. The van der Waals surface area contributed by atoms with Crippen molar-refractivity contribution in [3.63, 3.8) is 0 Å². The van der Waals surface area contributed by atoms with Crippen LogP contribution in [0.4, 0.5) is 0 Å². The molecule has 0 aromatic heterocycles. The molecule has 0 aromatic rings. The highest BCUT2D eigenvalue weighted by Crippen LogP contribution is 2.14. The van der Waals surface area contributed by atoms with E-state index < -0.39 is 0 Å². The molecule has 12 heavy (non-hydrogen) atoms. The summed E-state index contributed by atoms with van der Waals surface area (Å²) in [6, 6.07) is 0. The SMILES string of the molecule is [B]N1CCC(CNC(C)=O)CC1. The molecule has 1 rings (SSSR count). The van der Waals surface area contributed by atoms with Crippen molar-refractivity contribution >= 4 is 13.9 Å². The highest BCUT2D eigenvalue weighted by atomic mass is 16.1. The largest absolute Gasteiger partial charge is 0.356 e. The monoisotopic (exact) mass is 166 g/mol. The van der Waals surface area contributed by atoms with Crippen LogP contribution in [0.25, 0.3) is 0 Å². The van der Waals surface area contributed by atoms with Crippen molar-refractivity contribution in [2.75, 3.05) is 19.6 Å². The second-order valence-corrected chi connectivity index (χ2v) is 3.42. The van der Waals surface area contributed by atoms with E-state index >= 15 is 0 Å². The van der Waals surface area contributed by atoms with Crippen LogP contribution in [-0.2, 0) is 4.79 Å². The van der Waals surface area contributed by atoms with Gasteiger partial charge in [-0.3, -0.25) is 4.79 Å². The molecule has 1 fully saturated rings. The van der Waals surface area contributed by atoms with E-state index in [9.17, 15) is 4.79 Å². The van der Waals surface area contributed by atoms with E-state index in [1.807, 2.05) is 4.81 Å². The van der Waals surface area contributed by atoms with Crippen LogP contribution in [0.2, 0.25) is 0 Å². The quantitative estimate of drug-likeness (QED) is 0.582. The Hall–Kier alpha value is -0.505. The van der Waals surface area contributed by atoms with Crippen LogP contribution in [0.1, 0.15) is 19.8 Å². The second-order valence-electron chi connectivity index (χ2n) is 3.42. The smallest absolute Gasteiger partial charge is 0.216 e. The third-order valence-electron chi connectivity index (χ3n) is 2.29. The summed E-state index contributed by atoms with van der Waals surface area (Å²) < 4.78 is 0. The van der Waals surface area contributed by atoms with Crippen LogP contribution in [0.3, 0.4) is 0 Å². The van der Waals surface area contributed by atoms with Gasteiger partial charge in [-0.15, -0.1) is 0 Å². The van der Waals surface area contributed by atoms with Gasteiger partial charge in [0.15, 0.2) is 7.98 Å². The summed E-state index contributed by atoms with van der Waals surface area (Å²) in [5.74, 6) is 0.680. The van der Waals surface area contributed by atoms with E-state index in [-0.39, 0.29) is 5.91 Å². The fourth-order valence-electron chi connectivity index (χ4n) is 1.45. The number of hydrogen-bond donors (Lipinski definition) is 1. The number of rotatable bonds is 2. The molecule has 1 aliphatic heterocycles. The van der Waals surface area contributed by atoms with Crippen molar-refractivity contribution < 1.29 is 4.79 Å². The van der Waals surface area contributed by atoms with Gasteiger partial charge in [0.2, 0.25) is 5.91 Å². The minimum Gasteiger partial charge on any atom is -0.356 e. The van der Waals surface area contributed by atoms with Crippen molar-refractivity contribution in [2.24, 2.45) is 5.92 Å². The lowest BCUT2D eigenvalue weighted by atomic mass is 9.95. The number of nitrogens with zero attached hydrogens (tertiary/aromatic N) is 1. The van der Waals surface area contributed by atoms with Gasteiger partial charge in [0, 0.05) is 13.5 Å². The molecule has 0 atom stereocenters. The molecule has 1 amide bonds. The number of carbonyl (C=O) groups excluding carboxylic acids is 1. The lowest BCUT2D eigenvalue weighted by Crippen LogP contribution is -2.36. The highest BCUT2D eigenvalue weighted by molar-refractivity contribution is 6.04. The Morgan fingerprint density at radius 1 is 1.58 bits per heavy atom. The molecule has 0 aromatic carbocycles. The molecule has 0 spiro atoms. The van der Waals surface area contributed by atoms with Crippen LogP contribution in [0.5, 0.6) is 0 Å². The first-order valence-electron chi connectivity index (χ1n) is 4.42. The summed E-state index contributed by atoms with van der Waals surface area (Å²) in [5, 5.41) is 2.83. The lowest BCUT2D eigenvalue weighted by Gasteiger charge is -2.29. The Morgan fingerprint density at radius 2 is 2.17 bits per heavy atom. The maximum Gasteiger partial charge on any atom is 0.216 e. The van der Waals surface area contributed by atoms with Gasteiger partial charge in [-0.2, -0.15) is 0 Å². The van der Waals surface area contributed by atoms with Crippen LogP contribution in [0.15, 0.2) is 0 Å². The van der Waals surface area contributed by atoms with Crippen molar-refractivity contribution in [1.82, 2.24) is 10.1 Å². The van der Waals surface area contributed by atoms with Crippen LogP contribution in [0, 0.1) is 5.92 Å². The van der Waals surface area contributed by atoms with Gasteiger partial charge in [0.05, 0.1) is 0 Å². The van der Waals surface area contributed by atoms with Gasteiger partial charge in [-0.05, 0) is 31.8 Å². The van der Waals surface area contributed by atoms with Crippen molar-refractivity contribution in [3.05, 3.63) is 0 Å². The Balaban J connectivity index is 2.13. The molecule has 4 heteroatoms. The van der Waals surface area contributed by atoms with Crippen LogP contribution in [-0.4, -0.2) is 38.3 Å². The fraction of sp³-hybridized carbons (Fsp3) is 0.875. The fourth-order valence-corrected chi connectivity index (χ4v) is 1.45. The number of amides is 1. The molecule has 0 bridgehead atoms. The Bertz CT molecular complexity index is 155. The lowest BCUT2D eigenvalue weighted by molar-refractivity contribution is -0.119. The van der Waals surface area contributed by atoms with Crippen LogP contribution >= 0.6 is 0 Å². The maximum atomic E-state index is 10.6. The zero-order valence-electron chi connectivity index (χ0n) is 7.55. The predicted molar refractivity (Wildman–Crippen MR) is 48.7 cm³/mol. The van der Waals surface area contributed by atoms with Crippen molar-refractivity contribution in [1.29, 1.82) is 0 Å². The third kappa shape index (κ3) is 3.26. The standard InChI is InChI=1S/C8H15BN2O/c1-7(12)10-6-8-2-4-11(9)5-3-8/h8H,2-6H2,1H3,(H,10,12). The van der Waals surface area contributed by atoms with E-state index in [4.69, 9.17) is 7.98 Å². The molecule has 1 saturated heterocycles. The molecule has 0 saturated carbocycles. The zero-order valence-corrected chi connectivity index (χ0v) is 7.55. The number of carbonyl (C=O) groups is 1. The van der Waals surface area contributed by atoms with Crippen molar-refractivity contribution in [2.45, 2.75) is 19.8 Å². The van der Waals surface area contributed by atoms with E-state index in [1.54, 1.807) is 6.92 Å². The predicted octanol–water partition coefficient (Wildman–Crippen LogP) is -0.0820. The van der Waals surface area contributed by atoms with E-state index in [2.05, 4.69) is 5.32 Å². The van der Waals surface area contributed by atoms with Gasteiger partial charge in [0.1, 0.15) is 0 Å². The molecular formula is C8H15BN2O. The van der Waals surface area contributed by atoms with Gasteiger partial charge < -0.3 is 10.1 Å². The highest BCUT2D eigenvalue weighted by Gasteiger charge is 2.15. The molecule has 0 unspecified atom stereocenters. The first kappa shape index (κ1) is 9.58. The summed E-state index contributed by atoms with van der Waals surface area (Å²) in [6.45, 7) is 4.26. The molecule has 2 radical (unpaired) electrons. The first-order valence-corrected chi connectivity index (χ1v) is 4.42. The molecule has 3 nitrogen and oxygen atoms in total. The molecule has 1 N–H and O–H groups in total. The van der Waals surface area contributed by atoms with Gasteiger partial charge in [-0.1, -0.05) is 0 Å². The summed E-state index contributed by atoms with van der Waals surface area (Å²) in [6.07, 6.45) is 2.19. The molecular weight excluding hydrogens is 151 g/mol. The average molecular weight is 166 g/mol. The van der Waals surface area contributed by atoms with Gasteiger partial charge >= 0.3 is 0 Å². The second kappa shape index (κ2) is 4.50. The Labute approximate surface area is 74.9 Å². The molecule has 1 heterocycles. The van der Waals surface area contributed by atoms with Crippen LogP contribution < -0.4 is 5.32 Å². The third-order valence-corrected chi connectivity index (χ3v) is 2.29. The van der Waals surface area contributed by atoms with Crippen molar-refractivity contribution in [3.8, 4) is 0 Å². The summed E-state index contributed by atoms with van der Waals surface area (Å²) in [5.41, 5.74) is 0. The molecule has 0 aliphatic carbocycles. The number of nitrogens with one attached hydrogen (secondary N) is 1. The molecule has 1 aliphatic rings.